The number of carbonyl (C=O) groups excluding carboxylic acids is 1. The summed E-state index contributed by atoms with van der Waals surface area (Å²) in [4.78, 5) is 12.1. The molecule has 112 valence electrons. The molecular weight excluding hydrogens is 347 g/mol. The van der Waals surface area contributed by atoms with E-state index in [9.17, 15) is 9.18 Å². The van der Waals surface area contributed by atoms with Gasteiger partial charge in [0.05, 0.1) is 4.47 Å². The second kappa shape index (κ2) is 7.96. The summed E-state index contributed by atoms with van der Waals surface area (Å²) >= 11 is 3.09. The minimum atomic E-state index is -0.367. The molecule has 0 saturated heterocycles. The van der Waals surface area contributed by atoms with Crippen LogP contribution in [0.25, 0.3) is 0 Å². The van der Waals surface area contributed by atoms with E-state index in [4.69, 9.17) is 5.73 Å². The largest absolute Gasteiger partial charge is 0.349 e. The van der Waals surface area contributed by atoms with Gasteiger partial charge in [-0.1, -0.05) is 12.8 Å². The Morgan fingerprint density at radius 3 is 2.75 bits per heavy atom. The first kappa shape index (κ1) is 17.4. The molecule has 1 aliphatic carbocycles. The standard InChI is InChI=1S/C14H18BrFN2O.ClH/c15-11-7-9(5-6-12(11)16)14(19)18-13-4-2-1-3-10(13)8-17;/h5-7,10,13H,1-4,8,17H2,(H,18,19);1H. The van der Waals surface area contributed by atoms with E-state index in [-0.39, 0.29) is 30.2 Å². The highest BCUT2D eigenvalue weighted by Crippen LogP contribution is 2.24. The molecule has 0 aliphatic heterocycles. The molecule has 0 heterocycles. The number of rotatable bonds is 3. The molecule has 0 radical (unpaired) electrons. The normalized spacial score (nSPS) is 21.9. The molecule has 3 N–H and O–H groups in total. The number of halogens is 3. The lowest BCUT2D eigenvalue weighted by Crippen LogP contribution is -2.44. The van der Waals surface area contributed by atoms with Crippen LogP contribution in [0.3, 0.4) is 0 Å². The Hall–Kier alpha value is -0.650. The molecule has 3 nitrogen and oxygen atoms in total. The van der Waals surface area contributed by atoms with Gasteiger partial charge in [0.25, 0.3) is 5.91 Å². The Bertz CT molecular complexity index is 472. The molecule has 0 bridgehead atoms. The van der Waals surface area contributed by atoms with E-state index in [1.165, 1.54) is 24.6 Å². The van der Waals surface area contributed by atoms with Gasteiger partial charge in [0.2, 0.25) is 0 Å². The number of amides is 1. The van der Waals surface area contributed by atoms with Crippen LogP contribution in [0.2, 0.25) is 0 Å². The van der Waals surface area contributed by atoms with Crippen LogP contribution < -0.4 is 11.1 Å². The van der Waals surface area contributed by atoms with Crippen molar-refractivity contribution in [3.05, 3.63) is 34.1 Å². The molecule has 2 rings (SSSR count). The number of nitrogens with two attached hydrogens (primary N) is 1. The van der Waals surface area contributed by atoms with Crippen molar-refractivity contribution < 1.29 is 9.18 Å². The summed E-state index contributed by atoms with van der Waals surface area (Å²) in [6, 6.07) is 4.43. The lowest BCUT2D eigenvalue weighted by atomic mass is 9.84. The second-order valence-electron chi connectivity index (χ2n) is 4.99. The summed E-state index contributed by atoms with van der Waals surface area (Å²) in [5.41, 5.74) is 6.21. The lowest BCUT2D eigenvalue weighted by Gasteiger charge is -2.31. The number of carbonyl (C=O) groups is 1. The van der Waals surface area contributed by atoms with Gasteiger partial charge < -0.3 is 11.1 Å². The third kappa shape index (κ3) is 4.17. The number of benzene rings is 1. The summed E-state index contributed by atoms with van der Waals surface area (Å²) in [7, 11) is 0. The van der Waals surface area contributed by atoms with E-state index in [0.717, 1.165) is 19.3 Å². The van der Waals surface area contributed by atoms with Crippen molar-refractivity contribution in [2.24, 2.45) is 11.7 Å². The Kier molecular flexibility index (Phi) is 6.92. The molecule has 0 aromatic heterocycles. The first-order chi connectivity index (χ1) is 9.11. The highest BCUT2D eigenvalue weighted by Gasteiger charge is 2.25. The SMILES string of the molecule is Cl.NCC1CCCCC1NC(=O)c1ccc(F)c(Br)c1. The summed E-state index contributed by atoms with van der Waals surface area (Å²) in [6.07, 6.45) is 4.33. The van der Waals surface area contributed by atoms with Crippen LogP contribution in [-0.4, -0.2) is 18.5 Å². The predicted molar refractivity (Wildman–Crippen MR) is 83.6 cm³/mol. The quantitative estimate of drug-likeness (QED) is 0.864. The van der Waals surface area contributed by atoms with E-state index in [0.29, 0.717) is 22.5 Å². The van der Waals surface area contributed by atoms with Gasteiger partial charge >= 0.3 is 0 Å². The minimum absolute atomic E-state index is 0. The van der Waals surface area contributed by atoms with Gasteiger partial charge in [-0.25, -0.2) is 4.39 Å². The van der Waals surface area contributed by atoms with Crippen molar-refractivity contribution in [1.29, 1.82) is 0 Å². The van der Waals surface area contributed by atoms with Crippen LogP contribution in [0.5, 0.6) is 0 Å². The molecule has 1 amide bonds. The van der Waals surface area contributed by atoms with Gasteiger partial charge in [0, 0.05) is 11.6 Å². The fraction of sp³-hybridized carbons (Fsp3) is 0.500. The maximum atomic E-state index is 13.1. The monoisotopic (exact) mass is 364 g/mol. The maximum Gasteiger partial charge on any atom is 0.251 e. The fourth-order valence-electron chi connectivity index (χ4n) is 2.57. The highest BCUT2D eigenvalue weighted by atomic mass is 79.9. The number of hydrogen-bond acceptors (Lipinski definition) is 2. The van der Waals surface area contributed by atoms with Gasteiger partial charge in [0.15, 0.2) is 0 Å². The lowest BCUT2D eigenvalue weighted by molar-refractivity contribution is 0.0908. The van der Waals surface area contributed by atoms with Crippen LogP contribution in [-0.2, 0) is 0 Å². The van der Waals surface area contributed by atoms with Gasteiger partial charge in [-0.15, -0.1) is 12.4 Å². The van der Waals surface area contributed by atoms with Gasteiger partial charge in [-0.2, -0.15) is 0 Å². The molecule has 6 heteroatoms. The molecular formula is C14H19BrClFN2O. The third-order valence-electron chi connectivity index (χ3n) is 3.71. The fourth-order valence-corrected chi connectivity index (χ4v) is 2.95. The zero-order valence-electron chi connectivity index (χ0n) is 11.1. The zero-order valence-corrected chi connectivity index (χ0v) is 13.5. The molecule has 1 aromatic rings. The predicted octanol–water partition coefficient (Wildman–Crippen LogP) is 3.26. The maximum absolute atomic E-state index is 13.1. The molecule has 0 spiro atoms. The number of nitrogens with one attached hydrogen (secondary N) is 1. The third-order valence-corrected chi connectivity index (χ3v) is 4.32. The van der Waals surface area contributed by atoms with Crippen molar-refractivity contribution in [2.45, 2.75) is 31.7 Å². The average molecular weight is 366 g/mol. The van der Waals surface area contributed by atoms with Gasteiger partial charge in [-0.3, -0.25) is 4.79 Å². The van der Waals surface area contributed by atoms with Crippen molar-refractivity contribution >= 4 is 34.2 Å². The summed E-state index contributed by atoms with van der Waals surface area (Å²) in [5, 5.41) is 3.02. The van der Waals surface area contributed by atoms with Crippen LogP contribution in [0, 0.1) is 11.7 Å². The van der Waals surface area contributed by atoms with Crippen LogP contribution in [0.4, 0.5) is 4.39 Å². The molecule has 1 fully saturated rings. The molecule has 2 atom stereocenters. The van der Waals surface area contributed by atoms with Crippen LogP contribution in [0.15, 0.2) is 22.7 Å². The minimum Gasteiger partial charge on any atom is -0.349 e. The summed E-state index contributed by atoms with van der Waals surface area (Å²) < 4.78 is 13.4. The van der Waals surface area contributed by atoms with Gasteiger partial charge in [0.1, 0.15) is 5.82 Å². The highest BCUT2D eigenvalue weighted by molar-refractivity contribution is 9.10. The van der Waals surface area contributed by atoms with Crippen molar-refractivity contribution in [3.63, 3.8) is 0 Å². The Morgan fingerprint density at radius 2 is 2.10 bits per heavy atom. The summed E-state index contributed by atoms with van der Waals surface area (Å²) in [5.74, 6) is -0.179. The Morgan fingerprint density at radius 1 is 1.40 bits per heavy atom. The molecule has 1 aromatic carbocycles. The van der Waals surface area contributed by atoms with E-state index >= 15 is 0 Å². The van der Waals surface area contributed by atoms with E-state index in [2.05, 4.69) is 21.2 Å². The zero-order chi connectivity index (χ0) is 13.8. The van der Waals surface area contributed by atoms with E-state index in [1.54, 1.807) is 0 Å². The molecule has 1 aliphatic rings. The van der Waals surface area contributed by atoms with Gasteiger partial charge in [-0.05, 0) is 59.4 Å². The van der Waals surface area contributed by atoms with Crippen molar-refractivity contribution in [1.82, 2.24) is 5.32 Å². The average Bonchev–Trinajstić information content (AvgIpc) is 2.42. The van der Waals surface area contributed by atoms with E-state index in [1.807, 2.05) is 0 Å². The van der Waals surface area contributed by atoms with Crippen molar-refractivity contribution in [3.8, 4) is 0 Å². The van der Waals surface area contributed by atoms with Crippen molar-refractivity contribution in [2.75, 3.05) is 6.54 Å². The molecule has 2 unspecified atom stereocenters. The second-order valence-corrected chi connectivity index (χ2v) is 5.84. The molecule has 20 heavy (non-hydrogen) atoms. The smallest absolute Gasteiger partial charge is 0.251 e. The first-order valence-corrected chi connectivity index (χ1v) is 7.37. The van der Waals surface area contributed by atoms with E-state index < -0.39 is 0 Å². The first-order valence-electron chi connectivity index (χ1n) is 6.58. The summed E-state index contributed by atoms with van der Waals surface area (Å²) in [6.45, 7) is 0.595. The van der Waals surface area contributed by atoms with Crippen LogP contribution >= 0.6 is 28.3 Å². The topological polar surface area (TPSA) is 55.1 Å². The number of hydrogen-bond donors (Lipinski definition) is 2. The Labute approximate surface area is 133 Å². The Balaban J connectivity index is 0.00000200. The van der Waals surface area contributed by atoms with Crippen LogP contribution in [0.1, 0.15) is 36.0 Å². The molecule has 1 saturated carbocycles.